The molecule has 2 fully saturated rings. The Morgan fingerprint density at radius 1 is 1.22 bits per heavy atom. The lowest BCUT2D eigenvalue weighted by molar-refractivity contribution is -0.135. The lowest BCUT2D eigenvalue weighted by Crippen LogP contribution is -2.55. The fourth-order valence-corrected chi connectivity index (χ4v) is 4.78. The smallest absolute Gasteiger partial charge is 0.227 e. The number of aliphatic hydroxyl groups is 1. The summed E-state index contributed by atoms with van der Waals surface area (Å²) < 4.78 is 20.5. The Morgan fingerprint density at radius 2 is 2.03 bits per heavy atom. The number of likely N-dealkylation sites (tertiary alicyclic amines) is 1. The Balaban J connectivity index is 1.27. The lowest BCUT2D eigenvalue weighted by atomic mass is 9.80. The molecule has 0 unspecified atom stereocenters. The van der Waals surface area contributed by atoms with Gasteiger partial charge in [0.1, 0.15) is 23.6 Å². The molecule has 2 N–H and O–H groups in total. The summed E-state index contributed by atoms with van der Waals surface area (Å²) in [7, 11) is 0. The number of benzene rings is 1. The summed E-state index contributed by atoms with van der Waals surface area (Å²) in [6.07, 6.45) is 0.996. The van der Waals surface area contributed by atoms with E-state index in [1.165, 1.54) is 0 Å². The van der Waals surface area contributed by atoms with E-state index in [1.54, 1.807) is 35.2 Å². The first kappa shape index (κ1) is 24.2. The number of hydrogen-bond acceptors (Lipinski definition) is 8. The number of halogens is 1. The van der Waals surface area contributed by atoms with Crippen molar-refractivity contribution in [2.24, 2.45) is 11.3 Å². The Labute approximate surface area is 209 Å². The van der Waals surface area contributed by atoms with Crippen molar-refractivity contribution in [3.8, 4) is 5.75 Å². The van der Waals surface area contributed by atoms with Crippen LogP contribution in [-0.2, 0) is 4.79 Å². The SMILES string of the molecule is CC(=O)N1CC(COc2cccc3cc(Nc4ccnc(N5C[C@@H](F)[C@@H](O)C(C)(C)C5)n4)ncc23)C1. The normalized spacial score (nSPS) is 21.8. The number of pyridine rings is 1. The first-order valence-electron chi connectivity index (χ1n) is 12.1. The van der Waals surface area contributed by atoms with Gasteiger partial charge in [-0.05, 0) is 23.6 Å². The third kappa shape index (κ3) is 4.90. The molecule has 0 saturated carbocycles. The van der Waals surface area contributed by atoms with Crippen LogP contribution in [0.3, 0.4) is 0 Å². The summed E-state index contributed by atoms with van der Waals surface area (Å²) in [5.41, 5.74) is -0.615. The molecule has 2 saturated heterocycles. The van der Waals surface area contributed by atoms with Crippen LogP contribution in [-0.4, -0.2) is 75.9 Å². The highest BCUT2D eigenvalue weighted by atomic mass is 19.1. The third-order valence-corrected chi connectivity index (χ3v) is 6.92. The van der Waals surface area contributed by atoms with E-state index in [0.717, 1.165) is 29.6 Å². The largest absolute Gasteiger partial charge is 0.492 e. The minimum atomic E-state index is -1.37. The van der Waals surface area contributed by atoms with Gasteiger partial charge in [-0.3, -0.25) is 4.79 Å². The van der Waals surface area contributed by atoms with E-state index in [9.17, 15) is 14.3 Å². The number of nitrogens with one attached hydrogen (secondary N) is 1. The van der Waals surface area contributed by atoms with Gasteiger partial charge >= 0.3 is 0 Å². The average Bonchev–Trinajstić information content (AvgIpc) is 2.81. The Kier molecular flexibility index (Phi) is 6.38. The highest BCUT2D eigenvalue weighted by molar-refractivity contribution is 5.89. The van der Waals surface area contributed by atoms with Crippen LogP contribution in [0, 0.1) is 11.3 Å². The van der Waals surface area contributed by atoms with E-state index in [2.05, 4.69) is 20.3 Å². The number of rotatable bonds is 6. The van der Waals surface area contributed by atoms with Crippen LogP contribution in [0.4, 0.5) is 22.0 Å². The number of nitrogens with zero attached hydrogens (tertiary/aromatic N) is 5. The van der Waals surface area contributed by atoms with Gasteiger partial charge in [0.15, 0.2) is 0 Å². The summed E-state index contributed by atoms with van der Waals surface area (Å²) in [5, 5.41) is 15.2. The molecule has 0 spiro atoms. The summed E-state index contributed by atoms with van der Waals surface area (Å²) in [6.45, 7) is 7.76. The summed E-state index contributed by atoms with van der Waals surface area (Å²) >= 11 is 0. The monoisotopic (exact) mass is 494 g/mol. The minimum Gasteiger partial charge on any atom is -0.492 e. The lowest BCUT2D eigenvalue weighted by Gasteiger charge is -2.43. The van der Waals surface area contributed by atoms with Gasteiger partial charge in [-0.2, -0.15) is 4.98 Å². The second kappa shape index (κ2) is 9.50. The van der Waals surface area contributed by atoms with Crippen LogP contribution >= 0.6 is 0 Å². The van der Waals surface area contributed by atoms with Gasteiger partial charge in [-0.25, -0.2) is 14.4 Å². The molecule has 0 bridgehead atoms. The second-order valence-electron chi connectivity index (χ2n) is 10.3. The van der Waals surface area contributed by atoms with E-state index in [4.69, 9.17) is 4.74 Å². The quantitative estimate of drug-likeness (QED) is 0.539. The van der Waals surface area contributed by atoms with Crippen molar-refractivity contribution in [3.05, 3.63) is 42.7 Å². The second-order valence-corrected chi connectivity index (χ2v) is 10.3. The number of alkyl halides is 1. The maximum Gasteiger partial charge on any atom is 0.227 e. The molecule has 3 aromatic rings. The number of amides is 1. The highest BCUT2D eigenvalue weighted by Gasteiger charge is 2.42. The van der Waals surface area contributed by atoms with Crippen molar-refractivity contribution in [1.29, 1.82) is 0 Å². The van der Waals surface area contributed by atoms with Crippen LogP contribution in [0.25, 0.3) is 10.8 Å². The fourth-order valence-electron chi connectivity index (χ4n) is 4.78. The molecule has 1 aromatic carbocycles. The molecular formula is C26H31FN6O3. The van der Waals surface area contributed by atoms with E-state index in [-0.39, 0.29) is 12.5 Å². The number of hydrogen-bond donors (Lipinski definition) is 2. The highest BCUT2D eigenvalue weighted by Crippen LogP contribution is 2.33. The molecule has 36 heavy (non-hydrogen) atoms. The standard InChI is InChI=1S/C26H31FN6O3/c1-16(34)32-11-17(12-32)14-36-21-6-4-5-18-9-23(29-10-19(18)21)30-22-7-8-28-25(31-22)33-13-20(27)24(35)26(2,3)15-33/h4-10,17,20,24,35H,11-15H2,1-3H3,(H,28,29,30,31)/t20-,24-/m1/s1. The maximum atomic E-state index is 14.4. The van der Waals surface area contributed by atoms with Crippen molar-refractivity contribution in [3.63, 3.8) is 0 Å². The number of piperidine rings is 1. The zero-order chi connectivity index (χ0) is 25.4. The Morgan fingerprint density at radius 3 is 2.78 bits per heavy atom. The summed E-state index contributed by atoms with van der Waals surface area (Å²) in [5.74, 6) is 2.75. The zero-order valence-corrected chi connectivity index (χ0v) is 20.7. The van der Waals surface area contributed by atoms with E-state index in [1.807, 2.05) is 38.1 Å². The van der Waals surface area contributed by atoms with Gasteiger partial charge in [0.2, 0.25) is 11.9 Å². The van der Waals surface area contributed by atoms with E-state index < -0.39 is 17.7 Å². The number of anilines is 3. The molecule has 4 heterocycles. The fraction of sp³-hybridized carbons (Fsp3) is 0.462. The van der Waals surface area contributed by atoms with Crippen LogP contribution in [0.2, 0.25) is 0 Å². The number of ether oxygens (including phenoxy) is 1. The van der Waals surface area contributed by atoms with Crippen LogP contribution < -0.4 is 15.0 Å². The Bertz CT molecular complexity index is 1270. The molecule has 2 aliphatic rings. The van der Waals surface area contributed by atoms with Crippen molar-refractivity contribution in [2.45, 2.75) is 33.0 Å². The topological polar surface area (TPSA) is 104 Å². The van der Waals surface area contributed by atoms with Gasteiger partial charge in [0, 0.05) is 55.7 Å². The van der Waals surface area contributed by atoms with Crippen molar-refractivity contribution in [2.75, 3.05) is 43.0 Å². The predicted molar refractivity (Wildman–Crippen MR) is 135 cm³/mol. The number of aliphatic hydroxyl groups excluding tert-OH is 1. The number of carbonyl (C=O) groups excluding carboxylic acids is 1. The maximum absolute atomic E-state index is 14.4. The van der Waals surface area contributed by atoms with Gasteiger partial charge < -0.3 is 25.0 Å². The molecule has 0 aliphatic carbocycles. The molecule has 2 aromatic heterocycles. The summed E-state index contributed by atoms with van der Waals surface area (Å²) in [6, 6.07) is 9.50. The van der Waals surface area contributed by atoms with Gasteiger partial charge in [0.25, 0.3) is 0 Å². The number of aromatic nitrogens is 3. The molecule has 0 radical (unpaired) electrons. The molecule has 10 heteroatoms. The van der Waals surface area contributed by atoms with Crippen molar-refractivity contribution >= 4 is 34.3 Å². The molecular weight excluding hydrogens is 463 g/mol. The van der Waals surface area contributed by atoms with Crippen molar-refractivity contribution < 1.29 is 19.0 Å². The van der Waals surface area contributed by atoms with Crippen LogP contribution in [0.15, 0.2) is 42.7 Å². The Hall–Kier alpha value is -3.53. The first-order valence-corrected chi connectivity index (χ1v) is 12.1. The summed E-state index contributed by atoms with van der Waals surface area (Å²) in [4.78, 5) is 28.4. The molecule has 9 nitrogen and oxygen atoms in total. The molecule has 2 atom stereocenters. The molecule has 190 valence electrons. The number of carbonyl (C=O) groups is 1. The number of fused-ring (bicyclic) bond motifs is 1. The van der Waals surface area contributed by atoms with E-state index in [0.29, 0.717) is 36.7 Å². The van der Waals surface area contributed by atoms with Gasteiger partial charge in [0.05, 0.1) is 19.3 Å². The molecule has 2 aliphatic heterocycles. The third-order valence-electron chi connectivity index (χ3n) is 6.92. The zero-order valence-electron chi connectivity index (χ0n) is 20.7. The molecule has 1 amide bonds. The predicted octanol–water partition coefficient (Wildman–Crippen LogP) is 3.17. The van der Waals surface area contributed by atoms with Gasteiger partial charge in [-0.1, -0.05) is 26.0 Å². The molecule has 5 rings (SSSR count). The van der Waals surface area contributed by atoms with Crippen LogP contribution in [0.1, 0.15) is 20.8 Å². The van der Waals surface area contributed by atoms with E-state index >= 15 is 0 Å². The average molecular weight is 495 g/mol. The van der Waals surface area contributed by atoms with Gasteiger partial charge in [-0.15, -0.1) is 0 Å². The van der Waals surface area contributed by atoms with Crippen molar-refractivity contribution in [1.82, 2.24) is 19.9 Å². The first-order chi connectivity index (χ1) is 17.2. The van der Waals surface area contributed by atoms with Crippen LogP contribution in [0.5, 0.6) is 5.75 Å². The minimum absolute atomic E-state index is 0.0404.